The van der Waals surface area contributed by atoms with E-state index in [9.17, 15) is 4.79 Å². The molecule has 3 saturated heterocycles. The zero-order valence-electron chi connectivity index (χ0n) is 13.3. The van der Waals surface area contributed by atoms with Crippen LogP contribution >= 0.6 is 0 Å². The van der Waals surface area contributed by atoms with Crippen LogP contribution in [0, 0.1) is 11.8 Å². The third-order valence-electron chi connectivity index (χ3n) is 4.99. The van der Waals surface area contributed by atoms with Crippen molar-refractivity contribution in [1.82, 2.24) is 9.80 Å². The predicted octanol–water partition coefficient (Wildman–Crippen LogP) is 1.33. The van der Waals surface area contributed by atoms with Crippen LogP contribution in [0.4, 0.5) is 0 Å². The van der Waals surface area contributed by atoms with Gasteiger partial charge in [-0.15, -0.1) is 0 Å². The van der Waals surface area contributed by atoms with Gasteiger partial charge < -0.3 is 14.4 Å². The van der Waals surface area contributed by atoms with Crippen molar-refractivity contribution in [2.45, 2.75) is 38.9 Å². The number of likely N-dealkylation sites (tertiary alicyclic amines) is 2. The SMILES string of the molecule is CC1CC(C)CN(CC(=O)N2CCC3(CC2)OCCO3)C1. The van der Waals surface area contributed by atoms with Gasteiger partial charge in [0, 0.05) is 39.0 Å². The minimum atomic E-state index is -0.384. The van der Waals surface area contributed by atoms with Crippen molar-refractivity contribution in [2.24, 2.45) is 11.8 Å². The summed E-state index contributed by atoms with van der Waals surface area (Å²) in [6.07, 6.45) is 2.91. The fourth-order valence-electron chi connectivity index (χ4n) is 4.09. The normalized spacial score (nSPS) is 33.5. The first-order chi connectivity index (χ1) is 10.1. The number of hydrogen-bond donors (Lipinski definition) is 0. The molecule has 5 heteroatoms. The molecule has 0 N–H and O–H groups in total. The van der Waals surface area contributed by atoms with Crippen molar-refractivity contribution in [3.63, 3.8) is 0 Å². The molecule has 3 rings (SSSR count). The largest absolute Gasteiger partial charge is 0.347 e. The van der Waals surface area contributed by atoms with Crippen molar-refractivity contribution >= 4 is 5.91 Å². The number of ether oxygens (including phenoxy) is 2. The predicted molar refractivity (Wildman–Crippen MR) is 79.8 cm³/mol. The summed E-state index contributed by atoms with van der Waals surface area (Å²) < 4.78 is 11.4. The Morgan fingerprint density at radius 2 is 1.67 bits per heavy atom. The average molecular weight is 296 g/mol. The number of carbonyl (C=O) groups is 1. The second-order valence-corrected chi connectivity index (χ2v) is 7.13. The standard InChI is InChI=1S/C16H28N2O3/c1-13-9-14(2)11-17(10-13)12-15(19)18-5-3-16(4-6-18)20-7-8-21-16/h13-14H,3-12H2,1-2H3. The van der Waals surface area contributed by atoms with Gasteiger partial charge in [-0.2, -0.15) is 0 Å². The smallest absolute Gasteiger partial charge is 0.236 e. The summed E-state index contributed by atoms with van der Waals surface area (Å²) in [6.45, 7) is 10.2. The third-order valence-corrected chi connectivity index (χ3v) is 4.99. The molecule has 0 aromatic carbocycles. The zero-order valence-corrected chi connectivity index (χ0v) is 13.3. The second kappa shape index (κ2) is 6.23. The van der Waals surface area contributed by atoms with E-state index in [-0.39, 0.29) is 11.7 Å². The Bertz CT molecular complexity index is 362. The third kappa shape index (κ3) is 3.58. The molecule has 1 amide bonds. The molecule has 1 spiro atoms. The van der Waals surface area contributed by atoms with E-state index in [1.807, 2.05) is 4.90 Å². The van der Waals surface area contributed by atoms with Crippen LogP contribution in [-0.4, -0.2) is 67.4 Å². The molecule has 0 aliphatic carbocycles. The van der Waals surface area contributed by atoms with E-state index >= 15 is 0 Å². The van der Waals surface area contributed by atoms with Crippen LogP contribution in [0.3, 0.4) is 0 Å². The lowest BCUT2D eigenvalue weighted by Crippen LogP contribution is -2.51. The minimum absolute atomic E-state index is 0.268. The van der Waals surface area contributed by atoms with E-state index < -0.39 is 0 Å². The Kier molecular flexibility index (Phi) is 4.52. The highest BCUT2D eigenvalue weighted by Crippen LogP contribution is 2.31. The Morgan fingerprint density at radius 1 is 1.10 bits per heavy atom. The second-order valence-electron chi connectivity index (χ2n) is 7.13. The van der Waals surface area contributed by atoms with Crippen molar-refractivity contribution in [3.05, 3.63) is 0 Å². The first-order valence-corrected chi connectivity index (χ1v) is 8.34. The molecule has 21 heavy (non-hydrogen) atoms. The highest BCUT2D eigenvalue weighted by atomic mass is 16.7. The summed E-state index contributed by atoms with van der Waals surface area (Å²) in [6, 6.07) is 0. The maximum Gasteiger partial charge on any atom is 0.236 e. The fourth-order valence-corrected chi connectivity index (χ4v) is 4.09. The average Bonchev–Trinajstić information content (AvgIpc) is 2.86. The summed E-state index contributed by atoms with van der Waals surface area (Å²) >= 11 is 0. The number of piperidine rings is 2. The lowest BCUT2D eigenvalue weighted by Gasteiger charge is -2.39. The molecule has 3 fully saturated rings. The van der Waals surface area contributed by atoms with E-state index in [1.54, 1.807) is 0 Å². The molecule has 0 saturated carbocycles. The Morgan fingerprint density at radius 3 is 2.24 bits per heavy atom. The van der Waals surface area contributed by atoms with Gasteiger partial charge in [-0.25, -0.2) is 0 Å². The molecule has 3 aliphatic rings. The molecule has 120 valence electrons. The van der Waals surface area contributed by atoms with Gasteiger partial charge in [0.05, 0.1) is 19.8 Å². The highest BCUT2D eigenvalue weighted by Gasteiger charge is 2.40. The van der Waals surface area contributed by atoms with Crippen molar-refractivity contribution < 1.29 is 14.3 Å². The Balaban J connectivity index is 1.48. The summed E-state index contributed by atoms with van der Waals surface area (Å²) in [5, 5.41) is 0. The van der Waals surface area contributed by atoms with Crippen LogP contribution in [0.25, 0.3) is 0 Å². The quantitative estimate of drug-likeness (QED) is 0.771. The monoisotopic (exact) mass is 296 g/mol. The van der Waals surface area contributed by atoms with E-state index in [1.165, 1.54) is 6.42 Å². The topological polar surface area (TPSA) is 42.0 Å². The van der Waals surface area contributed by atoms with Crippen molar-refractivity contribution in [2.75, 3.05) is 45.9 Å². The van der Waals surface area contributed by atoms with Crippen LogP contribution in [0.2, 0.25) is 0 Å². The first kappa shape index (κ1) is 15.3. The van der Waals surface area contributed by atoms with Gasteiger partial charge in [0.2, 0.25) is 5.91 Å². The molecule has 0 aromatic rings. The van der Waals surface area contributed by atoms with Gasteiger partial charge in [0.15, 0.2) is 5.79 Å². The van der Waals surface area contributed by atoms with E-state index in [2.05, 4.69) is 18.7 Å². The molecule has 0 radical (unpaired) electrons. The molecule has 3 aliphatic heterocycles. The molecular weight excluding hydrogens is 268 g/mol. The summed E-state index contributed by atoms with van der Waals surface area (Å²) in [5.74, 6) is 1.28. The number of amides is 1. The number of nitrogens with zero attached hydrogens (tertiary/aromatic N) is 2. The number of rotatable bonds is 2. The van der Waals surface area contributed by atoms with Gasteiger partial charge in [-0.3, -0.25) is 9.69 Å². The fraction of sp³-hybridized carbons (Fsp3) is 0.938. The van der Waals surface area contributed by atoms with E-state index in [4.69, 9.17) is 9.47 Å². The summed E-state index contributed by atoms with van der Waals surface area (Å²) in [5.41, 5.74) is 0. The minimum Gasteiger partial charge on any atom is -0.347 e. The Hall–Kier alpha value is -0.650. The van der Waals surface area contributed by atoms with Crippen LogP contribution in [0.1, 0.15) is 33.1 Å². The number of carbonyl (C=O) groups excluding carboxylic acids is 1. The molecule has 5 nitrogen and oxygen atoms in total. The van der Waals surface area contributed by atoms with E-state index in [0.29, 0.717) is 31.6 Å². The van der Waals surface area contributed by atoms with Crippen LogP contribution in [0.5, 0.6) is 0 Å². The maximum absolute atomic E-state index is 12.5. The molecule has 2 unspecified atom stereocenters. The lowest BCUT2D eigenvalue weighted by atomic mass is 9.92. The van der Waals surface area contributed by atoms with Gasteiger partial charge in [0.1, 0.15) is 0 Å². The van der Waals surface area contributed by atoms with Gasteiger partial charge >= 0.3 is 0 Å². The Labute approximate surface area is 127 Å². The molecule has 0 bridgehead atoms. The lowest BCUT2D eigenvalue weighted by molar-refractivity contribution is -0.187. The first-order valence-electron chi connectivity index (χ1n) is 8.34. The summed E-state index contributed by atoms with van der Waals surface area (Å²) in [7, 11) is 0. The molecular formula is C16H28N2O3. The molecule has 3 heterocycles. The van der Waals surface area contributed by atoms with Gasteiger partial charge in [0.25, 0.3) is 0 Å². The van der Waals surface area contributed by atoms with Crippen molar-refractivity contribution in [3.8, 4) is 0 Å². The summed E-state index contributed by atoms with van der Waals surface area (Å²) in [4.78, 5) is 16.8. The number of hydrogen-bond acceptors (Lipinski definition) is 4. The van der Waals surface area contributed by atoms with Crippen LogP contribution in [-0.2, 0) is 14.3 Å². The van der Waals surface area contributed by atoms with Crippen molar-refractivity contribution in [1.29, 1.82) is 0 Å². The van der Waals surface area contributed by atoms with Gasteiger partial charge in [-0.1, -0.05) is 13.8 Å². The van der Waals surface area contributed by atoms with Crippen LogP contribution in [0.15, 0.2) is 0 Å². The molecule has 2 atom stereocenters. The van der Waals surface area contributed by atoms with Crippen LogP contribution < -0.4 is 0 Å². The van der Waals surface area contributed by atoms with Gasteiger partial charge in [-0.05, 0) is 18.3 Å². The zero-order chi connectivity index (χ0) is 14.9. The highest BCUT2D eigenvalue weighted by molar-refractivity contribution is 5.78. The molecule has 0 aromatic heterocycles. The maximum atomic E-state index is 12.5. The van der Waals surface area contributed by atoms with E-state index in [0.717, 1.165) is 39.0 Å².